The van der Waals surface area contributed by atoms with Gasteiger partial charge in [0.15, 0.2) is 11.6 Å². The summed E-state index contributed by atoms with van der Waals surface area (Å²) in [5.41, 5.74) is 5.51. The van der Waals surface area contributed by atoms with Crippen molar-refractivity contribution in [2.75, 3.05) is 11.9 Å². The summed E-state index contributed by atoms with van der Waals surface area (Å²) < 4.78 is 13.3. The first-order valence-corrected chi connectivity index (χ1v) is 5.20. The summed E-state index contributed by atoms with van der Waals surface area (Å²) in [5.74, 6) is 0.0210. The standard InChI is InChI=1S/C10H15ClFN3/c1-6(4-13)7(2)15-10-9(12)3-8(11)5-14-10/h3,5-7H,4,13H2,1-2H3,(H,14,15). The molecule has 0 fully saturated rings. The number of hydrogen-bond acceptors (Lipinski definition) is 3. The van der Waals surface area contributed by atoms with Crippen LogP contribution in [0.3, 0.4) is 0 Å². The van der Waals surface area contributed by atoms with Gasteiger partial charge in [-0.2, -0.15) is 0 Å². The molecule has 0 saturated heterocycles. The number of pyridine rings is 1. The van der Waals surface area contributed by atoms with E-state index in [1.807, 2.05) is 13.8 Å². The molecule has 15 heavy (non-hydrogen) atoms. The Bertz CT molecular complexity index is 332. The van der Waals surface area contributed by atoms with Crippen LogP contribution in [-0.2, 0) is 0 Å². The zero-order chi connectivity index (χ0) is 11.4. The summed E-state index contributed by atoms with van der Waals surface area (Å²) in [5, 5.41) is 3.25. The van der Waals surface area contributed by atoms with Gasteiger partial charge in [0.2, 0.25) is 0 Å². The Labute approximate surface area is 93.8 Å². The van der Waals surface area contributed by atoms with Gasteiger partial charge >= 0.3 is 0 Å². The number of hydrogen-bond donors (Lipinski definition) is 2. The third kappa shape index (κ3) is 3.32. The molecule has 0 bridgehead atoms. The van der Waals surface area contributed by atoms with Crippen LogP contribution in [0.5, 0.6) is 0 Å². The van der Waals surface area contributed by atoms with E-state index >= 15 is 0 Å². The number of nitrogens with two attached hydrogens (primary N) is 1. The lowest BCUT2D eigenvalue weighted by molar-refractivity contribution is 0.515. The molecule has 84 valence electrons. The maximum absolute atomic E-state index is 13.3. The van der Waals surface area contributed by atoms with E-state index < -0.39 is 5.82 Å². The monoisotopic (exact) mass is 231 g/mol. The first kappa shape index (κ1) is 12.2. The second kappa shape index (κ2) is 5.28. The van der Waals surface area contributed by atoms with Gasteiger partial charge in [-0.3, -0.25) is 0 Å². The number of nitrogens with one attached hydrogen (secondary N) is 1. The van der Waals surface area contributed by atoms with Gasteiger partial charge in [0.25, 0.3) is 0 Å². The third-order valence-corrected chi connectivity index (χ3v) is 2.60. The first-order valence-electron chi connectivity index (χ1n) is 4.82. The summed E-state index contributed by atoms with van der Waals surface area (Å²) in [7, 11) is 0. The van der Waals surface area contributed by atoms with E-state index in [0.29, 0.717) is 6.54 Å². The topological polar surface area (TPSA) is 50.9 Å². The smallest absolute Gasteiger partial charge is 0.166 e. The Morgan fingerprint density at radius 3 is 2.80 bits per heavy atom. The van der Waals surface area contributed by atoms with Crippen LogP contribution in [0.2, 0.25) is 5.02 Å². The van der Waals surface area contributed by atoms with Crippen molar-refractivity contribution in [2.24, 2.45) is 11.7 Å². The van der Waals surface area contributed by atoms with E-state index in [0.717, 1.165) is 0 Å². The van der Waals surface area contributed by atoms with Crippen molar-refractivity contribution in [3.05, 3.63) is 23.1 Å². The average molecular weight is 232 g/mol. The van der Waals surface area contributed by atoms with Crippen LogP contribution in [0.4, 0.5) is 10.2 Å². The molecule has 3 nitrogen and oxygen atoms in total. The SMILES string of the molecule is CC(CN)C(C)Nc1ncc(Cl)cc1F. The Kier molecular flexibility index (Phi) is 4.29. The molecule has 2 atom stereocenters. The van der Waals surface area contributed by atoms with Gasteiger partial charge in [0, 0.05) is 12.2 Å². The molecule has 0 aliphatic heterocycles. The second-order valence-corrected chi connectivity index (χ2v) is 4.07. The van der Waals surface area contributed by atoms with Crippen LogP contribution in [0.15, 0.2) is 12.3 Å². The normalized spacial score (nSPS) is 14.7. The molecule has 2 unspecified atom stereocenters. The molecule has 1 heterocycles. The molecule has 1 aromatic rings. The molecule has 0 aromatic carbocycles. The Hall–Kier alpha value is -0.870. The fourth-order valence-corrected chi connectivity index (χ4v) is 1.23. The highest BCUT2D eigenvalue weighted by atomic mass is 35.5. The van der Waals surface area contributed by atoms with Gasteiger partial charge in [-0.25, -0.2) is 9.37 Å². The predicted molar refractivity (Wildman–Crippen MR) is 60.5 cm³/mol. The third-order valence-electron chi connectivity index (χ3n) is 2.40. The van der Waals surface area contributed by atoms with E-state index in [1.54, 1.807) is 0 Å². The molecule has 0 aliphatic rings. The highest BCUT2D eigenvalue weighted by Gasteiger charge is 2.13. The van der Waals surface area contributed by atoms with Gasteiger partial charge in [0.05, 0.1) is 5.02 Å². The molecule has 0 spiro atoms. The molecule has 0 saturated carbocycles. The van der Waals surface area contributed by atoms with Crippen molar-refractivity contribution in [1.29, 1.82) is 0 Å². The predicted octanol–water partition coefficient (Wildman–Crippen LogP) is 2.27. The summed E-state index contributed by atoms with van der Waals surface area (Å²) >= 11 is 5.59. The van der Waals surface area contributed by atoms with Crippen molar-refractivity contribution in [1.82, 2.24) is 4.98 Å². The summed E-state index contributed by atoms with van der Waals surface area (Å²) in [6.07, 6.45) is 1.41. The number of anilines is 1. The highest BCUT2D eigenvalue weighted by molar-refractivity contribution is 6.30. The minimum atomic E-state index is -0.446. The zero-order valence-corrected chi connectivity index (χ0v) is 9.55. The highest BCUT2D eigenvalue weighted by Crippen LogP contribution is 2.17. The van der Waals surface area contributed by atoms with Crippen LogP contribution in [0.25, 0.3) is 0 Å². The molecule has 1 aromatic heterocycles. The van der Waals surface area contributed by atoms with Gasteiger partial charge in [-0.15, -0.1) is 0 Å². The lowest BCUT2D eigenvalue weighted by atomic mass is 10.0. The van der Waals surface area contributed by atoms with Crippen molar-refractivity contribution >= 4 is 17.4 Å². The second-order valence-electron chi connectivity index (χ2n) is 3.63. The van der Waals surface area contributed by atoms with Crippen molar-refractivity contribution < 1.29 is 4.39 Å². The number of aromatic nitrogens is 1. The maximum Gasteiger partial charge on any atom is 0.166 e. The molecule has 1 rings (SSSR count). The van der Waals surface area contributed by atoms with E-state index in [9.17, 15) is 4.39 Å². The molecular weight excluding hydrogens is 217 g/mol. The fourth-order valence-electron chi connectivity index (χ4n) is 1.08. The van der Waals surface area contributed by atoms with Crippen molar-refractivity contribution in [2.45, 2.75) is 19.9 Å². The lowest BCUT2D eigenvalue weighted by Gasteiger charge is -2.20. The van der Waals surface area contributed by atoms with Crippen LogP contribution >= 0.6 is 11.6 Å². The zero-order valence-electron chi connectivity index (χ0n) is 8.80. The molecule has 0 aliphatic carbocycles. The van der Waals surface area contributed by atoms with E-state index in [1.165, 1.54) is 12.3 Å². The molecule has 0 amide bonds. The van der Waals surface area contributed by atoms with Crippen molar-refractivity contribution in [3.8, 4) is 0 Å². The van der Waals surface area contributed by atoms with Crippen molar-refractivity contribution in [3.63, 3.8) is 0 Å². The van der Waals surface area contributed by atoms with Gasteiger partial charge < -0.3 is 11.1 Å². The van der Waals surface area contributed by atoms with Crippen LogP contribution in [0.1, 0.15) is 13.8 Å². The van der Waals surface area contributed by atoms with Gasteiger partial charge in [0.1, 0.15) is 0 Å². The number of halogens is 2. The van der Waals surface area contributed by atoms with Crippen LogP contribution in [-0.4, -0.2) is 17.6 Å². The summed E-state index contributed by atoms with van der Waals surface area (Å²) in [4.78, 5) is 3.88. The molecular formula is C10H15ClFN3. The Morgan fingerprint density at radius 2 is 2.27 bits per heavy atom. The number of rotatable bonds is 4. The van der Waals surface area contributed by atoms with Crippen LogP contribution < -0.4 is 11.1 Å². The Balaban J connectivity index is 2.72. The average Bonchev–Trinajstić information content (AvgIpc) is 2.20. The fraction of sp³-hybridized carbons (Fsp3) is 0.500. The largest absolute Gasteiger partial charge is 0.365 e. The van der Waals surface area contributed by atoms with E-state index in [-0.39, 0.29) is 22.8 Å². The van der Waals surface area contributed by atoms with E-state index in [4.69, 9.17) is 17.3 Å². The van der Waals surface area contributed by atoms with Crippen LogP contribution in [0, 0.1) is 11.7 Å². The quantitative estimate of drug-likeness (QED) is 0.836. The summed E-state index contributed by atoms with van der Waals surface area (Å²) in [6, 6.07) is 1.30. The molecule has 3 N–H and O–H groups in total. The lowest BCUT2D eigenvalue weighted by Crippen LogP contribution is -2.30. The van der Waals surface area contributed by atoms with Gasteiger partial charge in [-0.05, 0) is 25.5 Å². The van der Waals surface area contributed by atoms with E-state index in [2.05, 4.69) is 10.3 Å². The molecule has 0 radical (unpaired) electrons. The Morgan fingerprint density at radius 1 is 1.60 bits per heavy atom. The minimum absolute atomic E-state index is 0.0678. The summed E-state index contributed by atoms with van der Waals surface area (Å²) in [6.45, 7) is 4.47. The maximum atomic E-state index is 13.3. The van der Waals surface area contributed by atoms with Gasteiger partial charge in [-0.1, -0.05) is 18.5 Å². The molecule has 5 heteroatoms. The number of nitrogens with zero attached hydrogens (tertiary/aromatic N) is 1. The minimum Gasteiger partial charge on any atom is -0.365 e. The first-order chi connectivity index (χ1) is 7.04.